The summed E-state index contributed by atoms with van der Waals surface area (Å²) in [5.41, 5.74) is 5.80. The standard InChI is InChI=1S/C18H27N3O4.ClH/c19-9-10-3-1-2-4-11(10)20-14(22)7-8-21-17(23)15-12-5-6-13(25-12)16(15)18(21)24;/h10-13,15-16H,1-9,19H2,(H,20,22);1H. The summed E-state index contributed by atoms with van der Waals surface area (Å²) in [6.45, 7) is 0.760. The van der Waals surface area contributed by atoms with Crippen molar-refractivity contribution in [3.05, 3.63) is 0 Å². The van der Waals surface area contributed by atoms with Crippen LogP contribution in [0, 0.1) is 17.8 Å². The van der Waals surface area contributed by atoms with Gasteiger partial charge in [0.25, 0.3) is 0 Å². The van der Waals surface area contributed by atoms with E-state index in [1.165, 1.54) is 4.90 Å². The summed E-state index contributed by atoms with van der Waals surface area (Å²) in [7, 11) is 0. The van der Waals surface area contributed by atoms with E-state index in [0.717, 1.165) is 38.5 Å². The second-order valence-electron chi connectivity index (χ2n) is 7.87. The van der Waals surface area contributed by atoms with Crippen LogP contribution in [-0.2, 0) is 19.1 Å². The number of halogens is 1. The van der Waals surface area contributed by atoms with Crippen molar-refractivity contribution in [1.29, 1.82) is 0 Å². The van der Waals surface area contributed by atoms with Gasteiger partial charge in [0.1, 0.15) is 0 Å². The van der Waals surface area contributed by atoms with Gasteiger partial charge in [0.2, 0.25) is 17.7 Å². The number of hydrogen-bond acceptors (Lipinski definition) is 5. The van der Waals surface area contributed by atoms with Crippen molar-refractivity contribution >= 4 is 30.1 Å². The fraction of sp³-hybridized carbons (Fsp3) is 0.833. The smallest absolute Gasteiger partial charge is 0.235 e. The molecule has 3 saturated heterocycles. The Kier molecular flexibility index (Phi) is 5.89. The van der Waals surface area contributed by atoms with E-state index in [1.54, 1.807) is 0 Å². The largest absolute Gasteiger partial charge is 0.373 e. The van der Waals surface area contributed by atoms with Gasteiger partial charge in [0.15, 0.2) is 0 Å². The summed E-state index contributed by atoms with van der Waals surface area (Å²) in [5, 5.41) is 3.06. The first-order valence-electron chi connectivity index (χ1n) is 9.60. The van der Waals surface area contributed by atoms with Gasteiger partial charge < -0.3 is 15.8 Å². The van der Waals surface area contributed by atoms with E-state index in [9.17, 15) is 14.4 Å². The van der Waals surface area contributed by atoms with Crippen molar-refractivity contribution in [2.45, 2.75) is 63.2 Å². The average molecular weight is 386 g/mol. The number of hydrogen-bond donors (Lipinski definition) is 2. The van der Waals surface area contributed by atoms with Crippen LogP contribution in [0.2, 0.25) is 0 Å². The van der Waals surface area contributed by atoms with Crippen molar-refractivity contribution in [3.63, 3.8) is 0 Å². The Hall–Kier alpha value is -1.18. The van der Waals surface area contributed by atoms with Crippen LogP contribution >= 0.6 is 12.4 Å². The van der Waals surface area contributed by atoms with Gasteiger partial charge in [0, 0.05) is 19.0 Å². The number of carbonyl (C=O) groups is 3. The predicted molar refractivity (Wildman–Crippen MR) is 96.4 cm³/mol. The molecule has 1 saturated carbocycles. The van der Waals surface area contributed by atoms with Crippen LogP contribution in [0.15, 0.2) is 0 Å². The van der Waals surface area contributed by atoms with E-state index in [2.05, 4.69) is 5.32 Å². The molecule has 0 aromatic rings. The fourth-order valence-electron chi connectivity index (χ4n) is 5.17. The summed E-state index contributed by atoms with van der Waals surface area (Å²) >= 11 is 0. The quantitative estimate of drug-likeness (QED) is 0.674. The lowest BCUT2D eigenvalue weighted by molar-refractivity contribution is -0.142. The Labute approximate surface area is 159 Å². The molecular formula is C18H28ClN3O4. The van der Waals surface area contributed by atoms with Gasteiger partial charge in [-0.2, -0.15) is 0 Å². The highest BCUT2D eigenvalue weighted by atomic mass is 35.5. The SMILES string of the molecule is Cl.NCC1CCCCC1NC(=O)CCN1C(=O)C2C3CCC(O3)C2C1=O. The number of carbonyl (C=O) groups excluding carboxylic acids is 3. The highest BCUT2D eigenvalue weighted by Gasteiger charge is 2.62. The summed E-state index contributed by atoms with van der Waals surface area (Å²) < 4.78 is 5.72. The van der Waals surface area contributed by atoms with Crippen LogP contribution in [0.4, 0.5) is 0 Å². The van der Waals surface area contributed by atoms with E-state index >= 15 is 0 Å². The number of rotatable bonds is 5. The number of imide groups is 1. The lowest BCUT2D eigenvalue weighted by atomic mass is 9.81. The number of nitrogens with zero attached hydrogens (tertiary/aromatic N) is 1. The molecule has 3 N–H and O–H groups in total. The molecule has 3 amide bonds. The predicted octanol–water partition coefficient (Wildman–Crippen LogP) is 0.594. The highest BCUT2D eigenvalue weighted by Crippen LogP contribution is 2.48. The van der Waals surface area contributed by atoms with Gasteiger partial charge >= 0.3 is 0 Å². The molecule has 0 aromatic heterocycles. The number of amides is 3. The van der Waals surface area contributed by atoms with Crippen molar-refractivity contribution in [1.82, 2.24) is 10.2 Å². The van der Waals surface area contributed by atoms with Crippen molar-refractivity contribution in [2.24, 2.45) is 23.5 Å². The van der Waals surface area contributed by atoms with Gasteiger partial charge in [-0.3, -0.25) is 19.3 Å². The second-order valence-corrected chi connectivity index (χ2v) is 7.87. The molecule has 1 aliphatic carbocycles. The number of likely N-dealkylation sites (tertiary alicyclic amines) is 1. The van der Waals surface area contributed by atoms with E-state index < -0.39 is 0 Å². The molecule has 6 unspecified atom stereocenters. The van der Waals surface area contributed by atoms with Crippen LogP contribution in [0.3, 0.4) is 0 Å². The van der Waals surface area contributed by atoms with Crippen molar-refractivity contribution < 1.29 is 19.1 Å². The molecule has 7 nitrogen and oxygen atoms in total. The molecule has 146 valence electrons. The maximum absolute atomic E-state index is 12.6. The molecule has 0 radical (unpaired) electrons. The van der Waals surface area contributed by atoms with Crippen molar-refractivity contribution in [2.75, 3.05) is 13.1 Å². The Morgan fingerprint density at radius 1 is 1.08 bits per heavy atom. The zero-order valence-corrected chi connectivity index (χ0v) is 15.7. The third-order valence-corrected chi connectivity index (χ3v) is 6.50. The molecule has 0 aromatic carbocycles. The first-order valence-corrected chi connectivity index (χ1v) is 9.60. The Morgan fingerprint density at radius 2 is 1.69 bits per heavy atom. The molecule has 4 aliphatic rings. The summed E-state index contributed by atoms with van der Waals surface area (Å²) in [6, 6.07) is 0.125. The van der Waals surface area contributed by atoms with Crippen LogP contribution in [-0.4, -0.2) is 54.0 Å². The van der Waals surface area contributed by atoms with Gasteiger partial charge in [0.05, 0.1) is 24.0 Å². The zero-order chi connectivity index (χ0) is 17.6. The van der Waals surface area contributed by atoms with Gasteiger partial charge in [-0.25, -0.2) is 0 Å². The first-order chi connectivity index (χ1) is 12.1. The molecule has 4 rings (SSSR count). The van der Waals surface area contributed by atoms with Gasteiger partial charge in [-0.05, 0) is 38.1 Å². The molecule has 8 heteroatoms. The second kappa shape index (κ2) is 7.82. The van der Waals surface area contributed by atoms with Crippen LogP contribution < -0.4 is 11.1 Å². The number of nitrogens with two attached hydrogens (primary N) is 1. The molecule has 4 fully saturated rings. The minimum Gasteiger partial charge on any atom is -0.373 e. The monoisotopic (exact) mass is 385 g/mol. The zero-order valence-electron chi connectivity index (χ0n) is 14.9. The molecule has 2 bridgehead atoms. The lowest BCUT2D eigenvalue weighted by Gasteiger charge is -2.31. The van der Waals surface area contributed by atoms with Crippen LogP contribution in [0.1, 0.15) is 44.9 Å². The lowest BCUT2D eigenvalue weighted by Crippen LogP contribution is -2.46. The van der Waals surface area contributed by atoms with Crippen LogP contribution in [0.5, 0.6) is 0 Å². The van der Waals surface area contributed by atoms with E-state index in [4.69, 9.17) is 10.5 Å². The summed E-state index contributed by atoms with van der Waals surface area (Å²) in [6.07, 6.45) is 5.98. The first kappa shape index (κ1) is 19.6. The van der Waals surface area contributed by atoms with E-state index in [1.807, 2.05) is 0 Å². The third-order valence-electron chi connectivity index (χ3n) is 6.50. The summed E-state index contributed by atoms with van der Waals surface area (Å²) in [5.74, 6) is -0.675. The number of ether oxygens (including phenoxy) is 1. The molecule has 6 atom stereocenters. The minimum absolute atomic E-state index is 0. The summed E-state index contributed by atoms with van der Waals surface area (Å²) in [4.78, 5) is 38.7. The Bertz CT molecular complexity index is 559. The Morgan fingerprint density at radius 3 is 2.31 bits per heavy atom. The van der Waals surface area contributed by atoms with Gasteiger partial charge in [-0.1, -0.05) is 12.8 Å². The van der Waals surface area contributed by atoms with Crippen LogP contribution in [0.25, 0.3) is 0 Å². The minimum atomic E-state index is -0.311. The molecule has 3 aliphatic heterocycles. The fourth-order valence-corrected chi connectivity index (χ4v) is 5.17. The number of nitrogens with one attached hydrogen (secondary N) is 1. The number of fused-ring (bicyclic) bond motifs is 5. The Balaban J connectivity index is 0.00000196. The normalized spacial score (nSPS) is 38.3. The average Bonchev–Trinajstić information content (AvgIpc) is 3.28. The maximum atomic E-state index is 12.6. The molecule has 3 heterocycles. The highest BCUT2D eigenvalue weighted by molar-refractivity contribution is 6.06. The van der Waals surface area contributed by atoms with E-state index in [-0.39, 0.29) is 73.2 Å². The van der Waals surface area contributed by atoms with Crippen molar-refractivity contribution in [3.8, 4) is 0 Å². The van der Waals surface area contributed by atoms with E-state index in [0.29, 0.717) is 12.5 Å². The molecular weight excluding hydrogens is 358 g/mol. The van der Waals surface area contributed by atoms with Gasteiger partial charge in [-0.15, -0.1) is 12.4 Å². The topological polar surface area (TPSA) is 102 Å². The molecule has 26 heavy (non-hydrogen) atoms. The third kappa shape index (κ3) is 3.25. The maximum Gasteiger partial charge on any atom is 0.235 e. The molecule has 0 spiro atoms.